The molecule has 0 aliphatic rings. The molecule has 0 unspecified atom stereocenters. The standard InChI is InChI=1S/C21H16F4N4O3/c22-15-6-4-13(5-7-15)12-27-20(32)29(16-3-1-2-14(10-16)11-18(30)31)19-26-9-8-17(28-19)21(23,24)25/h1-10H,11-12H2,(H,27,32)(H,30,31). The number of aliphatic carboxylic acids is 1. The van der Waals surface area contributed by atoms with Gasteiger partial charge in [-0.2, -0.15) is 13.2 Å². The first kappa shape index (κ1) is 22.7. The van der Waals surface area contributed by atoms with Gasteiger partial charge in [0.2, 0.25) is 5.95 Å². The van der Waals surface area contributed by atoms with Crippen LogP contribution in [0.4, 0.5) is 34.0 Å². The van der Waals surface area contributed by atoms with Gasteiger partial charge in [0.25, 0.3) is 0 Å². The Labute approximate surface area is 179 Å². The molecule has 7 nitrogen and oxygen atoms in total. The quantitative estimate of drug-likeness (QED) is 0.548. The molecule has 3 rings (SSSR count). The molecule has 0 aliphatic carbocycles. The predicted molar refractivity (Wildman–Crippen MR) is 106 cm³/mol. The SMILES string of the molecule is O=C(O)Cc1cccc(N(C(=O)NCc2ccc(F)cc2)c2nccc(C(F)(F)F)n2)c1. The van der Waals surface area contributed by atoms with Gasteiger partial charge in [-0.3, -0.25) is 4.79 Å². The number of aromatic nitrogens is 2. The van der Waals surface area contributed by atoms with E-state index in [0.29, 0.717) is 17.2 Å². The minimum Gasteiger partial charge on any atom is -0.481 e. The molecule has 0 saturated heterocycles. The largest absolute Gasteiger partial charge is 0.481 e. The number of carbonyl (C=O) groups excluding carboxylic acids is 1. The molecule has 0 aliphatic heterocycles. The second-order valence-electron chi connectivity index (χ2n) is 6.60. The summed E-state index contributed by atoms with van der Waals surface area (Å²) in [5, 5.41) is 11.5. The van der Waals surface area contributed by atoms with E-state index in [1.54, 1.807) is 0 Å². The molecular weight excluding hydrogens is 432 g/mol. The third-order valence-corrected chi connectivity index (χ3v) is 4.22. The average molecular weight is 448 g/mol. The third-order valence-electron chi connectivity index (χ3n) is 4.22. The van der Waals surface area contributed by atoms with Crippen LogP contribution in [0.5, 0.6) is 0 Å². The number of hydrogen-bond donors (Lipinski definition) is 2. The number of carboxylic acid groups (broad SMARTS) is 1. The summed E-state index contributed by atoms with van der Waals surface area (Å²) < 4.78 is 52.5. The van der Waals surface area contributed by atoms with Crippen molar-refractivity contribution in [1.29, 1.82) is 0 Å². The Balaban J connectivity index is 1.96. The summed E-state index contributed by atoms with van der Waals surface area (Å²) in [7, 11) is 0. The fourth-order valence-corrected chi connectivity index (χ4v) is 2.78. The van der Waals surface area contributed by atoms with E-state index in [2.05, 4.69) is 15.3 Å². The molecule has 2 aromatic carbocycles. The Morgan fingerprint density at radius 2 is 1.75 bits per heavy atom. The molecule has 1 aromatic heterocycles. The second kappa shape index (κ2) is 9.41. The van der Waals surface area contributed by atoms with E-state index in [9.17, 15) is 27.2 Å². The van der Waals surface area contributed by atoms with Gasteiger partial charge in [-0.05, 0) is 41.5 Å². The molecule has 166 valence electrons. The Morgan fingerprint density at radius 1 is 1.03 bits per heavy atom. The molecule has 2 amide bonds. The number of carbonyl (C=O) groups is 2. The van der Waals surface area contributed by atoms with Gasteiger partial charge >= 0.3 is 18.2 Å². The van der Waals surface area contributed by atoms with E-state index in [4.69, 9.17) is 5.11 Å². The number of nitrogens with zero attached hydrogens (tertiary/aromatic N) is 3. The first-order valence-corrected chi connectivity index (χ1v) is 9.17. The second-order valence-corrected chi connectivity index (χ2v) is 6.60. The fourth-order valence-electron chi connectivity index (χ4n) is 2.78. The van der Waals surface area contributed by atoms with E-state index in [-0.39, 0.29) is 18.7 Å². The maximum Gasteiger partial charge on any atom is 0.433 e. The van der Waals surface area contributed by atoms with Gasteiger partial charge in [0.1, 0.15) is 11.5 Å². The predicted octanol–water partition coefficient (Wildman–Crippen LogP) is 4.31. The number of urea groups is 1. The molecule has 0 bridgehead atoms. The van der Waals surface area contributed by atoms with Crippen LogP contribution >= 0.6 is 0 Å². The van der Waals surface area contributed by atoms with Crippen molar-refractivity contribution < 1.29 is 32.3 Å². The molecule has 2 N–H and O–H groups in total. The maximum absolute atomic E-state index is 13.1. The van der Waals surface area contributed by atoms with Gasteiger partial charge in [-0.1, -0.05) is 24.3 Å². The Morgan fingerprint density at radius 3 is 2.41 bits per heavy atom. The van der Waals surface area contributed by atoms with E-state index in [1.165, 1.54) is 48.5 Å². The lowest BCUT2D eigenvalue weighted by molar-refractivity contribution is -0.141. The fraction of sp³-hybridized carbons (Fsp3) is 0.143. The number of anilines is 2. The summed E-state index contributed by atoms with van der Waals surface area (Å²) in [6.07, 6.45) is -4.26. The zero-order valence-corrected chi connectivity index (χ0v) is 16.3. The summed E-state index contributed by atoms with van der Waals surface area (Å²) in [6.45, 7) is -0.0522. The Hall–Kier alpha value is -4.02. The average Bonchev–Trinajstić information content (AvgIpc) is 2.73. The number of hydrogen-bond acceptors (Lipinski definition) is 4. The summed E-state index contributed by atoms with van der Waals surface area (Å²) >= 11 is 0. The van der Waals surface area contributed by atoms with Crippen LogP contribution in [0.1, 0.15) is 16.8 Å². The van der Waals surface area contributed by atoms with Crippen molar-refractivity contribution >= 4 is 23.6 Å². The first-order valence-electron chi connectivity index (χ1n) is 9.17. The van der Waals surface area contributed by atoms with Crippen molar-refractivity contribution in [3.8, 4) is 0 Å². The van der Waals surface area contributed by atoms with Crippen LogP contribution in [0.3, 0.4) is 0 Å². The van der Waals surface area contributed by atoms with Crippen molar-refractivity contribution in [3.63, 3.8) is 0 Å². The normalized spacial score (nSPS) is 11.1. The summed E-state index contributed by atoms with van der Waals surface area (Å²) in [6, 6.07) is 10.8. The number of nitrogens with one attached hydrogen (secondary N) is 1. The van der Waals surface area contributed by atoms with Gasteiger partial charge in [0.15, 0.2) is 0 Å². The molecule has 1 heterocycles. The smallest absolute Gasteiger partial charge is 0.433 e. The van der Waals surface area contributed by atoms with Crippen LogP contribution in [-0.2, 0) is 23.9 Å². The van der Waals surface area contributed by atoms with Crippen LogP contribution in [0.2, 0.25) is 0 Å². The van der Waals surface area contributed by atoms with Crippen LogP contribution in [0.25, 0.3) is 0 Å². The van der Waals surface area contributed by atoms with Crippen LogP contribution < -0.4 is 10.2 Å². The number of amides is 2. The molecule has 11 heteroatoms. The van der Waals surface area contributed by atoms with Crippen LogP contribution in [-0.4, -0.2) is 27.1 Å². The summed E-state index contributed by atoms with van der Waals surface area (Å²) in [5.41, 5.74) is -0.317. The monoisotopic (exact) mass is 448 g/mol. The van der Waals surface area contributed by atoms with Gasteiger partial charge < -0.3 is 10.4 Å². The highest BCUT2D eigenvalue weighted by Crippen LogP contribution is 2.30. The number of carboxylic acids is 1. The van der Waals surface area contributed by atoms with E-state index in [0.717, 1.165) is 11.1 Å². The van der Waals surface area contributed by atoms with E-state index in [1.807, 2.05) is 0 Å². The van der Waals surface area contributed by atoms with Gasteiger partial charge in [0, 0.05) is 12.7 Å². The highest BCUT2D eigenvalue weighted by atomic mass is 19.4. The van der Waals surface area contributed by atoms with Gasteiger partial charge in [0.05, 0.1) is 12.1 Å². The van der Waals surface area contributed by atoms with Crippen LogP contribution in [0.15, 0.2) is 60.8 Å². The lowest BCUT2D eigenvalue weighted by Crippen LogP contribution is -2.37. The number of halogens is 4. The zero-order chi connectivity index (χ0) is 23.3. The highest BCUT2D eigenvalue weighted by Gasteiger charge is 2.34. The molecule has 0 saturated carbocycles. The van der Waals surface area contributed by atoms with Gasteiger partial charge in [-0.25, -0.2) is 24.1 Å². The highest BCUT2D eigenvalue weighted by molar-refractivity contribution is 5.97. The molecule has 0 fully saturated rings. The van der Waals surface area contributed by atoms with Crippen molar-refractivity contribution in [3.05, 3.63) is 83.4 Å². The molecule has 0 spiro atoms. The number of benzene rings is 2. The summed E-state index contributed by atoms with van der Waals surface area (Å²) in [4.78, 5) is 32.0. The zero-order valence-electron chi connectivity index (χ0n) is 16.3. The van der Waals surface area contributed by atoms with Crippen molar-refractivity contribution in [2.24, 2.45) is 0 Å². The van der Waals surface area contributed by atoms with Gasteiger partial charge in [-0.15, -0.1) is 0 Å². The molecule has 0 radical (unpaired) electrons. The van der Waals surface area contributed by atoms with E-state index >= 15 is 0 Å². The molecular formula is C21H16F4N4O3. The lowest BCUT2D eigenvalue weighted by Gasteiger charge is -2.22. The van der Waals surface area contributed by atoms with Crippen molar-refractivity contribution in [2.45, 2.75) is 19.1 Å². The molecule has 3 aromatic rings. The third kappa shape index (κ3) is 5.78. The lowest BCUT2D eigenvalue weighted by atomic mass is 10.1. The van der Waals surface area contributed by atoms with Crippen molar-refractivity contribution in [1.82, 2.24) is 15.3 Å². The Kier molecular flexibility index (Phi) is 6.67. The number of alkyl halides is 3. The topological polar surface area (TPSA) is 95.4 Å². The van der Waals surface area contributed by atoms with Crippen molar-refractivity contribution in [2.75, 3.05) is 4.90 Å². The first-order chi connectivity index (χ1) is 15.1. The minimum atomic E-state index is -4.76. The number of rotatable bonds is 6. The maximum atomic E-state index is 13.1. The minimum absolute atomic E-state index is 0.0522. The van der Waals surface area contributed by atoms with E-state index < -0.39 is 35.6 Å². The summed E-state index contributed by atoms with van der Waals surface area (Å²) in [5.74, 6) is -2.14. The molecule has 32 heavy (non-hydrogen) atoms. The van der Waals surface area contributed by atoms with Crippen LogP contribution in [0, 0.1) is 5.82 Å². The Bertz CT molecular complexity index is 1120. The molecule has 0 atom stereocenters.